The van der Waals surface area contributed by atoms with Crippen LogP contribution in [0.3, 0.4) is 0 Å². The highest BCUT2D eigenvalue weighted by Gasteiger charge is 2.27. The van der Waals surface area contributed by atoms with E-state index in [-0.39, 0.29) is 5.91 Å². The number of benzene rings is 1. The molecule has 0 atom stereocenters. The third-order valence-electron chi connectivity index (χ3n) is 3.99. The maximum absolute atomic E-state index is 12.0. The van der Waals surface area contributed by atoms with E-state index in [1.807, 2.05) is 36.0 Å². The Morgan fingerprint density at radius 3 is 3.04 bits per heavy atom. The Labute approximate surface area is 147 Å². The molecule has 1 heterocycles. The molecule has 0 aliphatic heterocycles. The van der Waals surface area contributed by atoms with Crippen molar-refractivity contribution in [3.8, 4) is 11.4 Å². The van der Waals surface area contributed by atoms with Crippen molar-refractivity contribution < 1.29 is 4.79 Å². The number of anilines is 1. The number of amides is 1. The first-order valence-electron chi connectivity index (χ1n) is 8.66. The number of thioether (sulfide) groups is 1. The summed E-state index contributed by atoms with van der Waals surface area (Å²) in [4.78, 5) is 16.6. The predicted octanol–water partition coefficient (Wildman–Crippen LogP) is 4.21. The lowest BCUT2D eigenvalue weighted by Crippen LogP contribution is -2.12. The van der Waals surface area contributed by atoms with Gasteiger partial charge in [-0.15, -0.1) is 0 Å². The number of aromatic nitrogens is 3. The Morgan fingerprint density at radius 2 is 2.25 bits per heavy atom. The van der Waals surface area contributed by atoms with Gasteiger partial charge in [0.15, 0.2) is 5.82 Å². The monoisotopic (exact) mass is 344 g/mol. The summed E-state index contributed by atoms with van der Waals surface area (Å²) in [6, 6.07) is 7.73. The molecule has 2 N–H and O–H groups in total. The van der Waals surface area contributed by atoms with Crippen LogP contribution in [-0.4, -0.2) is 32.6 Å². The molecule has 128 valence electrons. The minimum Gasteiger partial charge on any atom is -0.326 e. The van der Waals surface area contributed by atoms with Crippen LogP contribution in [0, 0.1) is 0 Å². The second-order valence-electron chi connectivity index (χ2n) is 6.16. The Balaban J connectivity index is 1.53. The van der Waals surface area contributed by atoms with E-state index in [0.29, 0.717) is 18.2 Å². The summed E-state index contributed by atoms with van der Waals surface area (Å²) in [6.45, 7) is 2.18. The van der Waals surface area contributed by atoms with E-state index in [2.05, 4.69) is 27.4 Å². The van der Waals surface area contributed by atoms with Crippen molar-refractivity contribution >= 4 is 23.4 Å². The highest BCUT2D eigenvalue weighted by atomic mass is 32.2. The first-order valence-corrected chi connectivity index (χ1v) is 9.82. The summed E-state index contributed by atoms with van der Waals surface area (Å²) in [6.07, 6.45) is 5.36. The topological polar surface area (TPSA) is 70.7 Å². The molecule has 1 aromatic heterocycles. The highest BCUT2D eigenvalue weighted by molar-refractivity contribution is 7.99. The van der Waals surface area contributed by atoms with E-state index in [0.717, 1.165) is 28.6 Å². The molecular formula is C18H24N4OS. The van der Waals surface area contributed by atoms with Crippen LogP contribution >= 0.6 is 11.8 Å². The Hall–Kier alpha value is -1.82. The molecule has 0 bridgehead atoms. The molecule has 1 fully saturated rings. The van der Waals surface area contributed by atoms with Gasteiger partial charge in [-0.1, -0.05) is 25.5 Å². The number of hydrogen-bond donors (Lipinski definition) is 2. The maximum Gasteiger partial charge on any atom is 0.225 e. The van der Waals surface area contributed by atoms with Gasteiger partial charge in [0.25, 0.3) is 0 Å². The van der Waals surface area contributed by atoms with Gasteiger partial charge in [-0.3, -0.25) is 9.89 Å². The molecule has 1 aliphatic rings. The third-order valence-corrected chi connectivity index (χ3v) is 5.06. The van der Waals surface area contributed by atoms with Crippen molar-refractivity contribution in [1.82, 2.24) is 15.2 Å². The molecule has 1 aromatic carbocycles. The van der Waals surface area contributed by atoms with Gasteiger partial charge in [-0.25, -0.2) is 4.98 Å². The summed E-state index contributed by atoms with van der Waals surface area (Å²) in [5, 5.41) is 10.3. The zero-order valence-electron chi connectivity index (χ0n) is 14.0. The molecule has 0 radical (unpaired) electrons. The lowest BCUT2D eigenvalue weighted by Gasteiger charge is -2.06. The minimum absolute atomic E-state index is 0.0600. The van der Waals surface area contributed by atoms with E-state index in [1.54, 1.807) is 0 Å². The molecule has 1 saturated carbocycles. The van der Waals surface area contributed by atoms with Gasteiger partial charge < -0.3 is 5.32 Å². The molecule has 1 amide bonds. The van der Waals surface area contributed by atoms with Crippen LogP contribution in [0.4, 0.5) is 5.69 Å². The quantitative estimate of drug-likeness (QED) is 0.669. The van der Waals surface area contributed by atoms with E-state index in [9.17, 15) is 4.79 Å². The summed E-state index contributed by atoms with van der Waals surface area (Å²) in [7, 11) is 0. The Kier molecular flexibility index (Phi) is 5.91. The number of unbranched alkanes of at least 4 members (excludes halogenated alkanes) is 1. The van der Waals surface area contributed by atoms with Crippen LogP contribution < -0.4 is 5.32 Å². The van der Waals surface area contributed by atoms with Gasteiger partial charge >= 0.3 is 0 Å². The minimum atomic E-state index is 0.0600. The molecular weight excluding hydrogens is 320 g/mol. The smallest absolute Gasteiger partial charge is 0.225 e. The second kappa shape index (κ2) is 8.33. The zero-order chi connectivity index (χ0) is 16.8. The van der Waals surface area contributed by atoms with Crippen LogP contribution in [0.15, 0.2) is 24.3 Å². The average molecular weight is 344 g/mol. The van der Waals surface area contributed by atoms with Crippen molar-refractivity contribution in [3.63, 3.8) is 0 Å². The third kappa shape index (κ3) is 4.84. The molecule has 24 heavy (non-hydrogen) atoms. The van der Waals surface area contributed by atoms with E-state index in [4.69, 9.17) is 0 Å². The van der Waals surface area contributed by atoms with Crippen molar-refractivity contribution in [1.29, 1.82) is 0 Å². The predicted molar refractivity (Wildman–Crippen MR) is 99.3 cm³/mol. The van der Waals surface area contributed by atoms with Crippen LogP contribution in [0.5, 0.6) is 0 Å². The van der Waals surface area contributed by atoms with Crippen molar-refractivity contribution in [3.05, 3.63) is 30.1 Å². The number of nitrogens with one attached hydrogen (secondary N) is 2. The highest BCUT2D eigenvalue weighted by Crippen LogP contribution is 2.38. The van der Waals surface area contributed by atoms with Crippen LogP contribution in [0.1, 0.15) is 50.8 Å². The van der Waals surface area contributed by atoms with Crippen molar-refractivity contribution in [2.45, 2.75) is 44.9 Å². The van der Waals surface area contributed by atoms with Gasteiger partial charge in [0.1, 0.15) is 5.82 Å². The number of carbonyl (C=O) groups is 1. The van der Waals surface area contributed by atoms with Gasteiger partial charge in [-0.2, -0.15) is 16.9 Å². The Bertz CT molecular complexity index is 681. The van der Waals surface area contributed by atoms with Gasteiger partial charge in [0.2, 0.25) is 5.91 Å². The summed E-state index contributed by atoms with van der Waals surface area (Å²) in [5.41, 5.74) is 1.72. The molecule has 0 saturated heterocycles. The van der Waals surface area contributed by atoms with Gasteiger partial charge in [-0.05, 0) is 37.1 Å². The molecule has 5 nitrogen and oxygen atoms in total. The van der Waals surface area contributed by atoms with Crippen LogP contribution in [0.2, 0.25) is 0 Å². The van der Waals surface area contributed by atoms with Gasteiger partial charge in [0.05, 0.1) is 0 Å². The lowest BCUT2D eigenvalue weighted by molar-refractivity contribution is -0.115. The Morgan fingerprint density at radius 1 is 1.38 bits per heavy atom. The first kappa shape index (κ1) is 17.0. The number of hydrogen-bond acceptors (Lipinski definition) is 4. The molecule has 0 spiro atoms. The number of carbonyl (C=O) groups excluding carboxylic acids is 1. The zero-order valence-corrected chi connectivity index (χ0v) is 14.9. The van der Waals surface area contributed by atoms with E-state index < -0.39 is 0 Å². The van der Waals surface area contributed by atoms with Crippen molar-refractivity contribution in [2.24, 2.45) is 0 Å². The number of nitrogens with zero attached hydrogens (tertiary/aromatic N) is 2. The van der Waals surface area contributed by atoms with E-state index >= 15 is 0 Å². The maximum atomic E-state index is 12.0. The summed E-state index contributed by atoms with van der Waals surface area (Å²) in [5.74, 6) is 4.29. The van der Waals surface area contributed by atoms with Crippen molar-refractivity contribution in [2.75, 3.05) is 16.8 Å². The first-order chi connectivity index (χ1) is 11.8. The molecule has 6 heteroatoms. The molecule has 0 unspecified atom stereocenters. The largest absolute Gasteiger partial charge is 0.326 e. The van der Waals surface area contributed by atoms with Crippen LogP contribution in [-0.2, 0) is 4.79 Å². The molecule has 3 rings (SSSR count). The fourth-order valence-electron chi connectivity index (χ4n) is 2.42. The SMILES string of the molecule is CCCCSCCC(=O)Nc1cccc(-c2n[nH]c(C3CC3)n2)c1. The molecule has 2 aromatic rings. The fraction of sp³-hybridized carbons (Fsp3) is 0.500. The number of aromatic amines is 1. The molecule has 1 aliphatic carbocycles. The van der Waals surface area contributed by atoms with Crippen LogP contribution in [0.25, 0.3) is 11.4 Å². The number of H-pyrrole nitrogens is 1. The lowest BCUT2D eigenvalue weighted by atomic mass is 10.2. The summed E-state index contributed by atoms with van der Waals surface area (Å²) >= 11 is 1.84. The second-order valence-corrected chi connectivity index (χ2v) is 7.39. The van der Waals surface area contributed by atoms with E-state index in [1.165, 1.54) is 25.7 Å². The summed E-state index contributed by atoms with van der Waals surface area (Å²) < 4.78 is 0. The van der Waals surface area contributed by atoms with Gasteiger partial charge in [0, 0.05) is 29.3 Å². The number of rotatable bonds is 9. The fourth-order valence-corrected chi connectivity index (χ4v) is 3.44. The normalized spacial score (nSPS) is 13.9. The standard InChI is InChI=1S/C18H24N4OS/c1-2-3-10-24-11-9-16(23)19-15-6-4-5-14(12-15)18-20-17(21-22-18)13-7-8-13/h4-6,12-13H,2-3,7-11H2,1H3,(H,19,23)(H,20,21,22). The average Bonchev–Trinajstić information content (AvgIpc) is 3.32.